The Morgan fingerprint density at radius 3 is 2.62 bits per heavy atom. The molecule has 0 spiro atoms. The normalized spacial score (nSPS) is 12.5. The summed E-state index contributed by atoms with van der Waals surface area (Å²) in [6.45, 7) is 0. The van der Waals surface area contributed by atoms with Crippen LogP contribution < -0.4 is 0 Å². The van der Waals surface area contributed by atoms with Crippen molar-refractivity contribution in [3.63, 3.8) is 0 Å². The minimum Gasteiger partial charge on any atom is -0.375 e. The second kappa shape index (κ2) is 5.04. The van der Waals surface area contributed by atoms with E-state index >= 15 is 0 Å². The van der Waals surface area contributed by atoms with Crippen LogP contribution in [-0.2, 0) is 11.2 Å². The molecule has 0 saturated carbocycles. The van der Waals surface area contributed by atoms with Crippen LogP contribution in [-0.4, -0.2) is 22.6 Å². The standard InChI is InChI=1S/C10H12O2S/c1-13-10(12)9(11)7-8-5-3-2-4-6-8/h2-6,10,12H,7H2,1H3. The third-order valence-electron chi connectivity index (χ3n) is 1.72. The van der Waals surface area contributed by atoms with Crippen molar-refractivity contribution in [2.75, 3.05) is 6.26 Å². The molecule has 2 nitrogen and oxygen atoms in total. The molecule has 0 heterocycles. The minimum absolute atomic E-state index is 0.140. The van der Waals surface area contributed by atoms with Gasteiger partial charge in [0, 0.05) is 6.42 Å². The number of Topliss-reactive ketones (excluding diaryl/α,β-unsaturated/α-hetero) is 1. The van der Waals surface area contributed by atoms with Gasteiger partial charge in [0.05, 0.1) is 0 Å². The Hall–Kier alpha value is -0.800. The van der Waals surface area contributed by atoms with Crippen molar-refractivity contribution in [2.24, 2.45) is 0 Å². The van der Waals surface area contributed by atoms with Gasteiger partial charge in [-0.05, 0) is 11.8 Å². The molecule has 0 bridgehead atoms. The van der Waals surface area contributed by atoms with Crippen LogP contribution in [0.4, 0.5) is 0 Å². The summed E-state index contributed by atoms with van der Waals surface area (Å²) in [6.07, 6.45) is 2.02. The average Bonchev–Trinajstić information content (AvgIpc) is 2.18. The molecule has 0 aliphatic heterocycles. The van der Waals surface area contributed by atoms with Gasteiger partial charge in [-0.2, -0.15) is 0 Å². The molecule has 70 valence electrons. The van der Waals surface area contributed by atoms with E-state index in [9.17, 15) is 9.90 Å². The molecule has 1 N–H and O–H groups in total. The van der Waals surface area contributed by atoms with Crippen LogP contribution in [0.2, 0.25) is 0 Å². The number of hydrogen-bond acceptors (Lipinski definition) is 3. The van der Waals surface area contributed by atoms with E-state index in [1.807, 2.05) is 30.3 Å². The van der Waals surface area contributed by atoms with Crippen LogP contribution in [0.15, 0.2) is 30.3 Å². The molecule has 1 unspecified atom stereocenters. The smallest absolute Gasteiger partial charge is 0.175 e. The molecular weight excluding hydrogens is 184 g/mol. The Balaban J connectivity index is 2.55. The number of ketones is 1. The quantitative estimate of drug-likeness (QED) is 0.741. The highest BCUT2D eigenvalue weighted by molar-refractivity contribution is 7.99. The molecule has 1 aromatic carbocycles. The molecule has 0 aliphatic carbocycles. The summed E-state index contributed by atoms with van der Waals surface area (Å²) >= 11 is 1.16. The fourth-order valence-electron chi connectivity index (χ4n) is 1.02. The van der Waals surface area contributed by atoms with Crippen molar-refractivity contribution >= 4 is 17.5 Å². The number of hydrogen-bond donors (Lipinski definition) is 1. The average molecular weight is 196 g/mol. The number of aliphatic hydroxyl groups is 1. The third kappa shape index (κ3) is 3.20. The van der Waals surface area contributed by atoms with Gasteiger partial charge in [0.25, 0.3) is 0 Å². The summed E-state index contributed by atoms with van der Waals surface area (Å²) in [4.78, 5) is 11.3. The predicted octanol–water partition coefficient (Wildman–Crippen LogP) is 1.48. The van der Waals surface area contributed by atoms with Crippen LogP contribution in [0, 0.1) is 0 Å². The Labute approximate surface area is 82.0 Å². The topological polar surface area (TPSA) is 37.3 Å². The number of carbonyl (C=O) groups is 1. The lowest BCUT2D eigenvalue weighted by molar-refractivity contribution is -0.122. The number of carbonyl (C=O) groups excluding carboxylic acids is 1. The summed E-state index contributed by atoms with van der Waals surface area (Å²) < 4.78 is 0. The summed E-state index contributed by atoms with van der Waals surface area (Å²) in [5.41, 5.74) is 0.0563. The molecular formula is C10H12O2S. The Bertz CT molecular complexity index is 272. The lowest BCUT2D eigenvalue weighted by atomic mass is 10.1. The van der Waals surface area contributed by atoms with E-state index in [2.05, 4.69) is 0 Å². The van der Waals surface area contributed by atoms with Gasteiger partial charge in [-0.1, -0.05) is 30.3 Å². The zero-order chi connectivity index (χ0) is 9.68. The minimum atomic E-state index is -0.889. The highest BCUT2D eigenvalue weighted by atomic mass is 32.2. The summed E-state index contributed by atoms with van der Waals surface area (Å²) in [5.74, 6) is -0.140. The Morgan fingerprint density at radius 1 is 1.46 bits per heavy atom. The number of benzene rings is 1. The number of aliphatic hydroxyl groups excluding tert-OH is 1. The molecule has 1 atom stereocenters. The summed E-state index contributed by atoms with van der Waals surface area (Å²) in [6, 6.07) is 9.43. The van der Waals surface area contributed by atoms with E-state index in [0.29, 0.717) is 6.42 Å². The molecule has 1 rings (SSSR count). The van der Waals surface area contributed by atoms with Gasteiger partial charge in [-0.25, -0.2) is 0 Å². The SMILES string of the molecule is CSC(O)C(=O)Cc1ccccc1. The lowest BCUT2D eigenvalue weighted by Gasteiger charge is -2.05. The van der Waals surface area contributed by atoms with Crippen LogP contribution in [0.1, 0.15) is 5.56 Å². The largest absolute Gasteiger partial charge is 0.375 e. The van der Waals surface area contributed by atoms with E-state index in [1.54, 1.807) is 6.26 Å². The lowest BCUT2D eigenvalue weighted by Crippen LogP contribution is -2.18. The molecule has 1 aromatic rings. The highest BCUT2D eigenvalue weighted by Gasteiger charge is 2.12. The molecule has 0 saturated heterocycles. The number of rotatable bonds is 4. The van der Waals surface area contributed by atoms with Gasteiger partial charge < -0.3 is 5.11 Å². The van der Waals surface area contributed by atoms with Gasteiger partial charge in [-0.15, -0.1) is 11.8 Å². The third-order valence-corrected chi connectivity index (χ3v) is 2.43. The van der Waals surface area contributed by atoms with Crippen LogP contribution in [0.3, 0.4) is 0 Å². The molecule has 0 amide bonds. The Kier molecular flexibility index (Phi) is 3.99. The fourth-order valence-corrected chi connectivity index (χ4v) is 1.36. The maximum absolute atomic E-state index is 11.3. The molecule has 0 radical (unpaired) electrons. The van der Waals surface area contributed by atoms with E-state index in [-0.39, 0.29) is 5.78 Å². The molecule has 13 heavy (non-hydrogen) atoms. The van der Waals surface area contributed by atoms with Crippen LogP contribution in [0.25, 0.3) is 0 Å². The van der Waals surface area contributed by atoms with Crippen molar-refractivity contribution < 1.29 is 9.90 Å². The van der Waals surface area contributed by atoms with E-state index in [1.165, 1.54) is 0 Å². The zero-order valence-corrected chi connectivity index (χ0v) is 8.25. The van der Waals surface area contributed by atoms with Crippen molar-refractivity contribution in [1.29, 1.82) is 0 Å². The Morgan fingerprint density at radius 2 is 2.08 bits per heavy atom. The van der Waals surface area contributed by atoms with Gasteiger partial charge in [-0.3, -0.25) is 4.79 Å². The second-order valence-corrected chi connectivity index (χ2v) is 3.63. The molecule has 0 aromatic heterocycles. The van der Waals surface area contributed by atoms with E-state index < -0.39 is 5.44 Å². The van der Waals surface area contributed by atoms with Crippen LogP contribution in [0.5, 0.6) is 0 Å². The fraction of sp³-hybridized carbons (Fsp3) is 0.300. The zero-order valence-electron chi connectivity index (χ0n) is 7.43. The van der Waals surface area contributed by atoms with Crippen molar-refractivity contribution in [2.45, 2.75) is 11.9 Å². The van der Waals surface area contributed by atoms with Crippen LogP contribution >= 0.6 is 11.8 Å². The van der Waals surface area contributed by atoms with Crippen molar-refractivity contribution in [3.8, 4) is 0 Å². The maximum Gasteiger partial charge on any atom is 0.175 e. The first kappa shape index (κ1) is 10.3. The monoisotopic (exact) mass is 196 g/mol. The summed E-state index contributed by atoms with van der Waals surface area (Å²) in [7, 11) is 0. The van der Waals surface area contributed by atoms with Gasteiger partial charge in [0.1, 0.15) is 0 Å². The number of thioether (sulfide) groups is 1. The van der Waals surface area contributed by atoms with E-state index in [4.69, 9.17) is 0 Å². The maximum atomic E-state index is 11.3. The molecule has 3 heteroatoms. The first-order chi connectivity index (χ1) is 6.24. The second-order valence-electron chi connectivity index (χ2n) is 2.72. The first-order valence-electron chi connectivity index (χ1n) is 4.01. The molecule has 0 aliphatic rings. The summed E-state index contributed by atoms with van der Waals surface area (Å²) in [5, 5.41) is 9.20. The predicted molar refractivity (Wildman–Crippen MR) is 54.7 cm³/mol. The van der Waals surface area contributed by atoms with Gasteiger partial charge in [0.2, 0.25) is 0 Å². The highest BCUT2D eigenvalue weighted by Crippen LogP contribution is 2.08. The van der Waals surface area contributed by atoms with Crippen molar-refractivity contribution in [1.82, 2.24) is 0 Å². The van der Waals surface area contributed by atoms with Crippen molar-refractivity contribution in [3.05, 3.63) is 35.9 Å². The van der Waals surface area contributed by atoms with Gasteiger partial charge >= 0.3 is 0 Å². The van der Waals surface area contributed by atoms with E-state index in [0.717, 1.165) is 17.3 Å². The van der Waals surface area contributed by atoms with Gasteiger partial charge in [0.15, 0.2) is 11.2 Å². The first-order valence-corrected chi connectivity index (χ1v) is 5.30. The molecule has 0 fully saturated rings.